The van der Waals surface area contributed by atoms with Crippen LogP contribution in [0.25, 0.3) is 0 Å². The molecule has 1 amide bonds. The highest BCUT2D eigenvalue weighted by Gasteiger charge is 2.45. The smallest absolute Gasteiger partial charge is 0.276 e. The van der Waals surface area contributed by atoms with Crippen molar-refractivity contribution in [3.63, 3.8) is 0 Å². The minimum atomic E-state index is -0.605. The number of furan rings is 1. The third-order valence-corrected chi connectivity index (χ3v) is 5.69. The van der Waals surface area contributed by atoms with Crippen LogP contribution in [0.5, 0.6) is 0 Å². The number of benzene rings is 3. The van der Waals surface area contributed by atoms with E-state index in [0.717, 1.165) is 16.8 Å². The zero-order chi connectivity index (χ0) is 22.8. The summed E-state index contributed by atoms with van der Waals surface area (Å²) in [7, 11) is 0. The fourth-order valence-electron chi connectivity index (χ4n) is 4.10. The average molecular weight is 434 g/mol. The molecule has 0 unspecified atom stereocenters. The summed E-state index contributed by atoms with van der Waals surface area (Å²) in [6, 6.07) is 29.4. The SMILES string of the molecule is Cc1ccc(NC2=C(C(=O)c3ccco3)[C@H](c3ccccc3)N(c3ccccc3)C2=O)cc1. The molecule has 1 aromatic heterocycles. The van der Waals surface area contributed by atoms with Crippen molar-refractivity contribution in [3.05, 3.63) is 131 Å². The van der Waals surface area contributed by atoms with Gasteiger partial charge in [0.2, 0.25) is 5.78 Å². The standard InChI is InChI=1S/C28H22N2O3/c1-19-14-16-21(17-15-19)29-25-24(27(31)23-13-8-18-33-23)26(20-9-4-2-5-10-20)30(28(25)32)22-11-6-3-7-12-22/h2-18,26,29H,1H3/t26-/m0/s1. The number of anilines is 2. The van der Waals surface area contributed by atoms with Gasteiger partial charge in [-0.15, -0.1) is 0 Å². The summed E-state index contributed by atoms with van der Waals surface area (Å²) in [6.45, 7) is 2.00. The minimum absolute atomic E-state index is 0.192. The van der Waals surface area contributed by atoms with Gasteiger partial charge in [0, 0.05) is 11.4 Å². The first-order valence-electron chi connectivity index (χ1n) is 10.7. The number of carbonyl (C=O) groups excluding carboxylic acids is 2. The van der Waals surface area contributed by atoms with Crippen molar-refractivity contribution in [2.24, 2.45) is 0 Å². The number of amides is 1. The van der Waals surface area contributed by atoms with Crippen LogP contribution in [0.4, 0.5) is 11.4 Å². The molecule has 1 atom stereocenters. The molecule has 0 saturated carbocycles. The maximum atomic E-state index is 13.9. The first kappa shape index (κ1) is 20.5. The van der Waals surface area contributed by atoms with Gasteiger partial charge in [-0.3, -0.25) is 14.5 Å². The van der Waals surface area contributed by atoms with E-state index in [1.165, 1.54) is 6.26 Å². The number of hydrogen-bond acceptors (Lipinski definition) is 4. The lowest BCUT2D eigenvalue weighted by atomic mass is 9.94. The Morgan fingerprint density at radius 1 is 0.848 bits per heavy atom. The first-order chi connectivity index (χ1) is 16.1. The number of nitrogens with one attached hydrogen (secondary N) is 1. The summed E-state index contributed by atoms with van der Waals surface area (Å²) >= 11 is 0. The summed E-state index contributed by atoms with van der Waals surface area (Å²) in [5.74, 6) is -0.405. The van der Waals surface area contributed by atoms with E-state index in [9.17, 15) is 9.59 Å². The molecule has 0 fully saturated rings. The predicted molar refractivity (Wildman–Crippen MR) is 128 cm³/mol. The molecule has 0 spiro atoms. The largest absolute Gasteiger partial charge is 0.461 e. The molecule has 3 aromatic carbocycles. The molecule has 33 heavy (non-hydrogen) atoms. The number of rotatable bonds is 6. The number of ketones is 1. The van der Waals surface area contributed by atoms with Gasteiger partial charge in [0.1, 0.15) is 5.70 Å². The number of Topliss-reactive ketones (excluding diaryl/α,β-unsaturated/α-hetero) is 1. The Hall–Kier alpha value is -4.38. The quantitative estimate of drug-likeness (QED) is 0.382. The van der Waals surface area contributed by atoms with E-state index in [2.05, 4.69) is 5.32 Å². The Morgan fingerprint density at radius 3 is 2.15 bits per heavy atom. The highest BCUT2D eigenvalue weighted by Crippen LogP contribution is 2.42. The van der Waals surface area contributed by atoms with Gasteiger partial charge in [-0.05, 0) is 48.9 Å². The van der Waals surface area contributed by atoms with Crippen molar-refractivity contribution in [1.29, 1.82) is 0 Å². The van der Waals surface area contributed by atoms with Gasteiger partial charge < -0.3 is 9.73 Å². The molecule has 0 saturated heterocycles. The van der Waals surface area contributed by atoms with Crippen molar-refractivity contribution in [2.45, 2.75) is 13.0 Å². The maximum Gasteiger partial charge on any atom is 0.276 e. The normalized spacial score (nSPS) is 15.7. The molecule has 5 nitrogen and oxygen atoms in total. The van der Waals surface area contributed by atoms with E-state index >= 15 is 0 Å². The Bertz CT molecular complexity index is 1310. The van der Waals surface area contributed by atoms with E-state index in [-0.39, 0.29) is 23.1 Å². The summed E-state index contributed by atoms with van der Waals surface area (Å²) in [4.78, 5) is 29.2. The molecule has 4 aromatic rings. The number of hydrogen-bond donors (Lipinski definition) is 1. The van der Waals surface area contributed by atoms with E-state index in [1.807, 2.05) is 91.9 Å². The highest BCUT2D eigenvalue weighted by molar-refractivity contribution is 6.22. The number of carbonyl (C=O) groups is 2. The number of nitrogens with zero attached hydrogens (tertiary/aromatic N) is 1. The van der Waals surface area contributed by atoms with E-state index in [1.54, 1.807) is 17.0 Å². The molecule has 0 aliphatic carbocycles. The van der Waals surface area contributed by atoms with Crippen LogP contribution in [-0.4, -0.2) is 11.7 Å². The lowest BCUT2D eigenvalue weighted by molar-refractivity contribution is -0.114. The molecule has 1 aliphatic heterocycles. The molecule has 1 aliphatic rings. The van der Waals surface area contributed by atoms with Crippen molar-refractivity contribution >= 4 is 23.1 Å². The molecule has 5 heteroatoms. The second-order valence-electron chi connectivity index (χ2n) is 7.91. The predicted octanol–water partition coefficient (Wildman–Crippen LogP) is 5.93. The fraction of sp³-hybridized carbons (Fsp3) is 0.0714. The molecular weight excluding hydrogens is 412 g/mol. The van der Waals surface area contributed by atoms with Crippen molar-refractivity contribution < 1.29 is 14.0 Å². The molecule has 1 N–H and O–H groups in total. The van der Waals surface area contributed by atoms with Gasteiger partial charge in [0.05, 0.1) is 17.9 Å². The van der Waals surface area contributed by atoms with Crippen LogP contribution in [0.2, 0.25) is 0 Å². The van der Waals surface area contributed by atoms with Gasteiger partial charge in [-0.2, -0.15) is 0 Å². The van der Waals surface area contributed by atoms with Gasteiger partial charge >= 0.3 is 0 Å². The van der Waals surface area contributed by atoms with Gasteiger partial charge in [0.25, 0.3) is 5.91 Å². The van der Waals surface area contributed by atoms with Crippen LogP contribution in [0.3, 0.4) is 0 Å². The monoisotopic (exact) mass is 434 g/mol. The summed E-state index contributed by atoms with van der Waals surface area (Å²) in [5.41, 5.74) is 3.98. The Morgan fingerprint density at radius 2 is 1.52 bits per heavy atom. The van der Waals surface area contributed by atoms with E-state index < -0.39 is 6.04 Å². The van der Waals surface area contributed by atoms with Gasteiger partial charge in [0.15, 0.2) is 5.76 Å². The molecule has 0 bridgehead atoms. The molecule has 2 heterocycles. The van der Waals surface area contributed by atoms with Crippen LogP contribution in [0, 0.1) is 6.92 Å². The first-order valence-corrected chi connectivity index (χ1v) is 10.7. The second kappa shape index (κ2) is 8.63. The third kappa shape index (κ3) is 3.85. The average Bonchev–Trinajstić information content (AvgIpc) is 3.49. The Kier molecular flexibility index (Phi) is 5.37. The van der Waals surface area contributed by atoms with Gasteiger partial charge in [-0.1, -0.05) is 66.2 Å². The summed E-state index contributed by atoms with van der Waals surface area (Å²) < 4.78 is 5.44. The minimum Gasteiger partial charge on any atom is -0.461 e. The van der Waals surface area contributed by atoms with Crippen LogP contribution in [-0.2, 0) is 4.79 Å². The van der Waals surface area contributed by atoms with Crippen LogP contribution >= 0.6 is 0 Å². The molecular formula is C28H22N2O3. The fourth-order valence-corrected chi connectivity index (χ4v) is 4.10. The lowest BCUT2D eigenvalue weighted by Crippen LogP contribution is -2.31. The lowest BCUT2D eigenvalue weighted by Gasteiger charge is -2.27. The van der Waals surface area contributed by atoms with Crippen LogP contribution in [0.1, 0.15) is 27.7 Å². The van der Waals surface area contributed by atoms with Crippen molar-refractivity contribution in [1.82, 2.24) is 0 Å². The number of aryl methyl sites for hydroxylation is 1. The number of para-hydroxylation sites is 1. The molecule has 162 valence electrons. The maximum absolute atomic E-state index is 13.9. The van der Waals surface area contributed by atoms with Gasteiger partial charge in [-0.25, -0.2) is 0 Å². The van der Waals surface area contributed by atoms with Crippen LogP contribution < -0.4 is 10.2 Å². The summed E-state index contributed by atoms with van der Waals surface area (Å²) in [5, 5.41) is 3.24. The van der Waals surface area contributed by atoms with Crippen LogP contribution in [0.15, 0.2) is 119 Å². The molecule has 5 rings (SSSR count). The van der Waals surface area contributed by atoms with Crippen molar-refractivity contribution in [2.75, 3.05) is 10.2 Å². The topological polar surface area (TPSA) is 62.6 Å². The van der Waals surface area contributed by atoms with Crippen molar-refractivity contribution in [3.8, 4) is 0 Å². The van der Waals surface area contributed by atoms with E-state index in [0.29, 0.717) is 11.3 Å². The third-order valence-electron chi connectivity index (χ3n) is 5.69. The highest BCUT2D eigenvalue weighted by atomic mass is 16.3. The Balaban J connectivity index is 1.71. The zero-order valence-electron chi connectivity index (χ0n) is 18.1. The zero-order valence-corrected chi connectivity index (χ0v) is 18.1. The Labute approximate surface area is 192 Å². The second-order valence-corrected chi connectivity index (χ2v) is 7.91. The molecule has 0 radical (unpaired) electrons. The summed E-state index contributed by atoms with van der Waals surface area (Å²) in [6.07, 6.45) is 1.46. The van der Waals surface area contributed by atoms with E-state index in [4.69, 9.17) is 4.42 Å².